The summed E-state index contributed by atoms with van der Waals surface area (Å²) in [5.74, 6) is 1.33. The lowest BCUT2D eigenvalue weighted by molar-refractivity contribution is 0.0949. The number of benzene rings is 2. The average Bonchev–Trinajstić information content (AvgIpc) is 3.98. The predicted octanol–water partition coefficient (Wildman–Crippen LogP) is 5.33. The molecule has 2 aliphatic heterocycles. The second-order valence-corrected chi connectivity index (χ2v) is 14.6. The third kappa shape index (κ3) is 9.14. The Balaban J connectivity index is 1.33. The molecule has 18 heteroatoms. The number of hydrogen-bond acceptors (Lipinski definition) is 14. The Kier molecular flexibility index (Phi) is 13.0. The summed E-state index contributed by atoms with van der Waals surface area (Å²) >= 11 is 13.1. The third-order valence-electron chi connectivity index (χ3n) is 10.0. The molecule has 0 saturated carbocycles. The molecule has 0 unspecified atom stereocenters. The van der Waals surface area contributed by atoms with Crippen molar-refractivity contribution in [1.29, 1.82) is 0 Å². The molecule has 16 nitrogen and oxygen atoms in total. The summed E-state index contributed by atoms with van der Waals surface area (Å²) in [4.78, 5) is 62.2. The summed E-state index contributed by atoms with van der Waals surface area (Å²) < 4.78 is 10.7. The van der Waals surface area contributed by atoms with Gasteiger partial charge in [0.2, 0.25) is 11.9 Å². The molecule has 2 saturated heterocycles. The van der Waals surface area contributed by atoms with E-state index < -0.39 is 11.8 Å². The minimum Gasteiger partial charge on any atom is -0.495 e. The van der Waals surface area contributed by atoms with E-state index in [1.165, 1.54) is 24.4 Å². The van der Waals surface area contributed by atoms with E-state index in [9.17, 15) is 9.90 Å². The fourth-order valence-electron chi connectivity index (χ4n) is 6.95. The number of aliphatic hydroxyl groups is 1. The van der Waals surface area contributed by atoms with Gasteiger partial charge in [0.15, 0.2) is 5.82 Å². The maximum atomic E-state index is 15.3. The van der Waals surface area contributed by atoms with Gasteiger partial charge in [0.1, 0.15) is 34.3 Å². The molecule has 5 aromatic rings. The Morgan fingerprint density at radius 3 is 2.21 bits per heavy atom. The lowest BCUT2D eigenvalue weighted by Crippen LogP contribution is -2.37. The summed E-state index contributed by atoms with van der Waals surface area (Å²) in [6, 6.07) is 12.1. The molecular weight excluding hydrogens is 785 g/mol. The van der Waals surface area contributed by atoms with Crippen LogP contribution < -0.4 is 34.8 Å². The van der Waals surface area contributed by atoms with Crippen molar-refractivity contribution in [3.05, 3.63) is 105 Å². The van der Waals surface area contributed by atoms with Crippen LogP contribution >= 0.6 is 23.2 Å². The smallest absolute Gasteiger partial charge is 0.265 e. The lowest BCUT2D eigenvalue weighted by atomic mass is 10.1. The molecule has 0 radical (unpaired) electrons. The first-order chi connectivity index (χ1) is 28.3. The number of nitrogens with one attached hydrogen (secondary N) is 2. The molecule has 0 aliphatic carbocycles. The van der Waals surface area contributed by atoms with Crippen LogP contribution in [-0.2, 0) is 19.6 Å². The van der Waals surface area contributed by atoms with Gasteiger partial charge in [-0.1, -0.05) is 35.3 Å². The van der Waals surface area contributed by atoms with Crippen LogP contribution in [0.1, 0.15) is 63.4 Å². The first-order valence-electron chi connectivity index (χ1n) is 18.9. The van der Waals surface area contributed by atoms with E-state index in [1.807, 2.05) is 15.9 Å². The Bertz CT molecular complexity index is 2250. The van der Waals surface area contributed by atoms with Crippen molar-refractivity contribution in [2.24, 2.45) is 0 Å². The summed E-state index contributed by atoms with van der Waals surface area (Å²) in [5, 5.41) is 17.1. The quantitative estimate of drug-likeness (QED) is 0.123. The van der Waals surface area contributed by atoms with E-state index in [0.29, 0.717) is 51.4 Å². The van der Waals surface area contributed by atoms with Gasteiger partial charge in [0.05, 0.1) is 50.0 Å². The van der Waals surface area contributed by atoms with Crippen LogP contribution in [0.15, 0.2) is 67.3 Å². The Hall–Kier alpha value is -5.84. The van der Waals surface area contributed by atoms with Crippen LogP contribution in [0.5, 0.6) is 11.5 Å². The van der Waals surface area contributed by atoms with Crippen molar-refractivity contribution in [1.82, 2.24) is 35.2 Å². The van der Waals surface area contributed by atoms with Crippen molar-refractivity contribution in [2.45, 2.75) is 51.4 Å². The SMILES string of the molecule is COc1ccc(CNc2nc(N3CCC[C@H]3CO)ncc2C(=O)N(Cc2ccc(OC)c(Cl)c2)c2nc(N3CCCC3)ncc2C(=O)NCc2ncccn2)cc1Cl. The van der Waals surface area contributed by atoms with Gasteiger partial charge < -0.3 is 35.0 Å². The number of amides is 2. The molecule has 302 valence electrons. The molecule has 7 rings (SSSR count). The van der Waals surface area contributed by atoms with Crippen LogP contribution in [0.2, 0.25) is 10.0 Å². The van der Waals surface area contributed by atoms with Crippen LogP contribution in [0, 0.1) is 0 Å². The molecular formula is C40H43Cl2N11O5. The number of carbonyl (C=O) groups is 2. The average molecular weight is 829 g/mol. The third-order valence-corrected chi connectivity index (χ3v) is 10.6. The van der Waals surface area contributed by atoms with Gasteiger partial charge in [0, 0.05) is 51.0 Å². The van der Waals surface area contributed by atoms with Gasteiger partial charge in [-0.3, -0.25) is 14.5 Å². The number of rotatable bonds is 15. The molecule has 3 N–H and O–H groups in total. The fraction of sp³-hybridized carbons (Fsp3) is 0.350. The van der Waals surface area contributed by atoms with Crippen LogP contribution in [0.3, 0.4) is 0 Å². The molecule has 1 atom stereocenters. The van der Waals surface area contributed by atoms with E-state index >= 15 is 4.79 Å². The number of ether oxygens (including phenoxy) is 2. The zero-order valence-electron chi connectivity index (χ0n) is 32.1. The van der Waals surface area contributed by atoms with E-state index in [0.717, 1.165) is 44.3 Å². The molecule has 2 aliphatic rings. The number of hydrogen-bond donors (Lipinski definition) is 3. The Labute approximate surface area is 345 Å². The van der Waals surface area contributed by atoms with Gasteiger partial charge >= 0.3 is 0 Å². The number of methoxy groups -OCH3 is 2. The zero-order chi connectivity index (χ0) is 40.6. The standard InChI is InChI=1S/C40H43Cl2N11O5/c1-57-32-10-8-25(17-30(32)41)19-45-35-28(20-48-40(49-35)52-16-5-7-27(52)24-54)38(56)53(23-26-9-11-33(58-2)31(42)18-26)36-29(21-47-39(50-36)51-14-3-4-15-51)37(55)46-22-34-43-12-6-13-44-34/h6,8-13,17-18,20-21,27,54H,3-5,7,14-16,19,22-24H2,1-2H3,(H,46,55)(H,45,48,49)/t27-/m0/s1. The van der Waals surface area contributed by atoms with E-state index in [-0.39, 0.29) is 55.0 Å². The van der Waals surface area contributed by atoms with Crippen molar-refractivity contribution >= 4 is 58.5 Å². The van der Waals surface area contributed by atoms with Crippen molar-refractivity contribution < 1.29 is 24.2 Å². The number of anilines is 4. The van der Waals surface area contributed by atoms with Gasteiger partial charge in [-0.05, 0) is 67.1 Å². The Morgan fingerprint density at radius 2 is 1.52 bits per heavy atom. The minimum atomic E-state index is -0.555. The van der Waals surface area contributed by atoms with Crippen molar-refractivity contribution in [2.75, 3.05) is 60.5 Å². The molecule has 2 amide bonds. The summed E-state index contributed by atoms with van der Waals surface area (Å²) in [5.41, 5.74) is 1.59. The molecule has 58 heavy (non-hydrogen) atoms. The van der Waals surface area contributed by atoms with Crippen molar-refractivity contribution in [3.63, 3.8) is 0 Å². The highest BCUT2D eigenvalue weighted by atomic mass is 35.5. The summed E-state index contributed by atoms with van der Waals surface area (Å²) in [6.45, 7) is 2.23. The van der Waals surface area contributed by atoms with Gasteiger partial charge in [0.25, 0.3) is 11.8 Å². The number of aliphatic hydroxyl groups excluding tert-OH is 1. The van der Waals surface area contributed by atoms with E-state index in [1.54, 1.807) is 55.9 Å². The second kappa shape index (κ2) is 18.6. The van der Waals surface area contributed by atoms with Crippen LogP contribution in [0.25, 0.3) is 0 Å². The van der Waals surface area contributed by atoms with Crippen molar-refractivity contribution in [3.8, 4) is 11.5 Å². The molecule has 2 aromatic carbocycles. The van der Waals surface area contributed by atoms with Crippen LogP contribution in [-0.4, -0.2) is 93.3 Å². The van der Waals surface area contributed by atoms with Crippen LogP contribution in [0.4, 0.5) is 23.5 Å². The summed E-state index contributed by atoms with van der Waals surface area (Å²) in [6.07, 6.45) is 9.62. The molecule has 2 fully saturated rings. The molecule has 3 aromatic heterocycles. The number of aromatic nitrogens is 6. The highest BCUT2D eigenvalue weighted by Crippen LogP contribution is 2.32. The Morgan fingerprint density at radius 1 is 0.845 bits per heavy atom. The lowest BCUT2D eigenvalue weighted by Gasteiger charge is -2.27. The van der Waals surface area contributed by atoms with Gasteiger partial charge in [-0.25, -0.2) is 19.9 Å². The predicted molar refractivity (Wildman–Crippen MR) is 220 cm³/mol. The minimum absolute atomic E-state index is 0.0269. The largest absolute Gasteiger partial charge is 0.495 e. The second-order valence-electron chi connectivity index (χ2n) is 13.7. The molecule has 0 spiro atoms. The maximum absolute atomic E-state index is 15.3. The fourth-order valence-corrected chi connectivity index (χ4v) is 7.51. The zero-order valence-corrected chi connectivity index (χ0v) is 33.6. The highest BCUT2D eigenvalue weighted by molar-refractivity contribution is 6.32. The topological polar surface area (TPSA) is 184 Å². The normalized spacial score (nSPS) is 15.0. The van der Waals surface area contributed by atoms with E-state index in [4.69, 9.17) is 42.6 Å². The monoisotopic (exact) mass is 827 g/mol. The number of halogens is 2. The number of nitrogens with zero attached hydrogens (tertiary/aromatic N) is 9. The summed E-state index contributed by atoms with van der Waals surface area (Å²) in [7, 11) is 3.06. The van der Waals surface area contributed by atoms with E-state index in [2.05, 4.69) is 30.6 Å². The molecule has 0 bridgehead atoms. The molecule has 5 heterocycles. The first kappa shape index (κ1) is 40.4. The van der Waals surface area contributed by atoms with Gasteiger partial charge in [-0.2, -0.15) is 9.97 Å². The first-order valence-corrected chi connectivity index (χ1v) is 19.6. The maximum Gasteiger partial charge on any atom is 0.265 e. The highest BCUT2D eigenvalue weighted by Gasteiger charge is 2.32. The number of carbonyl (C=O) groups excluding carboxylic acids is 2. The van der Waals surface area contributed by atoms with Gasteiger partial charge in [-0.15, -0.1) is 0 Å².